The summed E-state index contributed by atoms with van der Waals surface area (Å²) in [6.45, 7) is 0.411. The average Bonchev–Trinajstić information content (AvgIpc) is 2.46. The summed E-state index contributed by atoms with van der Waals surface area (Å²) < 4.78 is 10.9. The minimum absolute atomic E-state index is 0. The Hall–Kier alpha value is -2.04. The van der Waals surface area contributed by atoms with Gasteiger partial charge in [0, 0.05) is 10.6 Å². The first kappa shape index (κ1) is 16.0. The van der Waals surface area contributed by atoms with Gasteiger partial charge in [-0.3, -0.25) is 4.79 Å². The van der Waals surface area contributed by atoms with Gasteiger partial charge in [-0.2, -0.15) is 0 Å². The zero-order chi connectivity index (χ0) is 13.7. The third kappa shape index (κ3) is 3.98. The summed E-state index contributed by atoms with van der Waals surface area (Å²) in [4.78, 5) is 10.7. The van der Waals surface area contributed by atoms with Crippen LogP contribution < -0.4 is 9.47 Å². The number of aldehydes is 1. The van der Waals surface area contributed by atoms with Gasteiger partial charge >= 0.3 is 0 Å². The molecular weight excluding hydrogens is 280 g/mol. The van der Waals surface area contributed by atoms with Crippen LogP contribution in [0.3, 0.4) is 0 Å². The first-order valence-electron chi connectivity index (χ1n) is 5.73. The van der Waals surface area contributed by atoms with E-state index >= 15 is 0 Å². The van der Waals surface area contributed by atoms with Crippen molar-refractivity contribution in [1.82, 2.24) is 0 Å². The highest BCUT2D eigenvalue weighted by Crippen LogP contribution is 2.28. The number of hydrogen-bond acceptors (Lipinski definition) is 3. The van der Waals surface area contributed by atoms with Crippen molar-refractivity contribution in [3.8, 4) is 11.5 Å². The maximum atomic E-state index is 10.7. The van der Waals surface area contributed by atoms with Gasteiger partial charge in [0.2, 0.25) is 0 Å². The molecule has 0 heterocycles. The molecule has 4 nitrogen and oxygen atoms in total. The van der Waals surface area contributed by atoms with Crippen LogP contribution in [0.25, 0.3) is 0 Å². The SMILES string of the molecule is COc1cc(C=O)ccc1OCc1ccc(Cl)cc1.O. The van der Waals surface area contributed by atoms with E-state index in [-0.39, 0.29) is 5.48 Å². The van der Waals surface area contributed by atoms with E-state index in [2.05, 4.69) is 0 Å². The molecule has 0 atom stereocenters. The molecule has 0 spiro atoms. The summed E-state index contributed by atoms with van der Waals surface area (Å²) in [6, 6.07) is 12.5. The molecule has 0 amide bonds. The molecule has 5 heteroatoms. The zero-order valence-electron chi connectivity index (χ0n) is 10.9. The molecule has 0 saturated carbocycles. The number of ether oxygens (including phenoxy) is 2. The first-order valence-corrected chi connectivity index (χ1v) is 6.11. The van der Waals surface area contributed by atoms with Crippen molar-refractivity contribution < 1.29 is 19.7 Å². The highest BCUT2D eigenvalue weighted by molar-refractivity contribution is 6.30. The number of hydrogen-bond donors (Lipinski definition) is 0. The lowest BCUT2D eigenvalue weighted by Gasteiger charge is -2.11. The van der Waals surface area contributed by atoms with Gasteiger partial charge in [-0.25, -0.2) is 0 Å². The Kier molecular flexibility index (Phi) is 6.03. The largest absolute Gasteiger partial charge is 0.493 e. The Morgan fingerprint density at radius 3 is 2.40 bits per heavy atom. The van der Waals surface area contributed by atoms with Gasteiger partial charge in [0.15, 0.2) is 11.5 Å². The van der Waals surface area contributed by atoms with Crippen LogP contribution in [-0.4, -0.2) is 18.9 Å². The van der Waals surface area contributed by atoms with Gasteiger partial charge in [-0.05, 0) is 35.9 Å². The number of rotatable bonds is 5. The smallest absolute Gasteiger partial charge is 0.161 e. The molecular formula is C15H15ClO4. The van der Waals surface area contributed by atoms with E-state index in [1.807, 2.05) is 24.3 Å². The van der Waals surface area contributed by atoms with Crippen LogP contribution in [-0.2, 0) is 6.61 Å². The molecule has 0 radical (unpaired) electrons. The Bertz CT molecular complexity index is 567. The monoisotopic (exact) mass is 294 g/mol. The lowest BCUT2D eigenvalue weighted by atomic mass is 10.2. The van der Waals surface area contributed by atoms with E-state index in [0.29, 0.717) is 28.7 Å². The third-order valence-electron chi connectivity index (χ3n) is 2.63. The second kappa shape index (κ2) is 7.53. The van der Waals surface area contributed by atoms with Crippen molar-refractivity contribution in [2.24, 2.45) is 0 Å². The summed E-state index contributed by atoms with van der Waals surface area (Å²) >= 11 is 5.82. The van der Waals surface area contributed by atoms with Crippen LogP contribution >= 0.6 is 11.6 Å². The summed E-state index contributed by atoms with van der Waals surface area (Å²) in [5.74, 6) is 1.14. The molecule has 2 rings (SSSR count). The van der Waals surface area contributed by atoms with E-state index < -0.39 is 0 Å². The van der Waals surface area contributed by atoms with E-state index in [9.17, 15) is 4.79 Å². The zero-order valence-corrected chi connectivity index (χ0v) is 11.7. The van der Waals surface area contributed by atoms with Crippen LogP contribution in [0.15, 0.2) is 42.5 Å². The van der Waals surface area contributed by atoms with Gasteiger partial charge in [0.1, 0.15) is 12.9 Å². The summed E-state index contributed by atoms with van der Waals surface area (Å²) in [5, 5.41) is 0.691. The van der Waals surface area contributed by atoms with Crippen molar-refractivity contribution in [2.45, 2.75) is 6.61 Å². The summed E-state index contributed by atoms with van der Waals surface area (Å²) in [6.07, 6.45) is 0.769. The molecule has 2 aromatic carbocycles. The van der Waals surface area contributed by atoms with Crippen molar-refractivity contribution >= 4 is 17.9 Å². The quantitative estimate of drug-likeness (QED) is 0.796. The molecule has 0 aliphatic heterocycles. The normalized spacial score (nSPS) is 9.50. The topological polar surface area (TPSA) is 67.0 Å². The highest BCUT2D eigenvalue weighted by atomic mass is 35.5. The first-order chi connectivity index (χ1) is 9.22. The Morgan fingerprint density at radius 2 is 1.80 bits per heavy atom. The molecule has 0 saturated heterocycles. The molecule has 0 aliphatic carbocycles. The lowest BCUT2D eigenvalue weighted by molar-refractivity contribution is 0.112. The Balaban J connectivity index is 0.00000200. The van der Waals surface area contributed by atoms with Crippen LogP contribution in [0, 0.1) is 0 Å². The number of carbonyl (C=O) groups excluding carboxylic acids is 1. The third-order valence-corrected chi connectivity index (χ3v) is 2.88. The molecule has 0 fully saturated rings. The van der Waals surface area contributed by atoms with Gasteiger partial charge < -0.3 is 14.9 Å². The summed E-state index contributed by atoms with van der Waals surface area (Å²) in [5.41, 5.74) is 1.56. The maximum absolute atomic E-state index is 10.7. The van der Waals surface area contributed by atoms with Crippen molar-refractivity contribution in [3.63, 3.8) is 0 Å². The molecule has 106 valence electrons. The predicted molar refractivity (Wildman–Crippen MR) is 77.8 cm³/mol. The molecule has 0 bridgehead atoms. The fraction of sp³-hybridized carbons (Fsp3) is 0.133. The Morgan fingerprint density at radius 1 is 1.10 bits per heavy atom. The molecule has 20 heavy (non-hydrogen) atoms. The average molecular weight is 295 g/mol. The van der Waals surface area contributed by atoms with Crippen molar-refractivity contribution in [3.05, 3.63) is 58.6 Å². The minimum atomic E-state index is 0. The highest BCUT2D eigenvalue weighted by Gasteiger charge is 2.05. The number of methoxy groups -OCH3 is 1. The Labute approximate surface area is 122 Å². The number of carbonyl (C=O) groups is 1. The van der Waals surface area contributed by atoms with Crippen LogP contribution in [0.2, 0.25) is 5.02 Å². The minimum Gasteiger partial charge on any atom is -0.493 e. The second-order valence-corrected chi connectivity index (χ2v) is 4.38. The van der Waals surface area contributed by atoms with Crippen LogP contribution in [0.4, 0.5) is 0 Å². The maximum Gasteiger partial charge on any atom is 0.161 e. The van der Waals surface area contributed by atoms with E-state index in [1.54, 1.807) is 25.3 Å². The number of benzene rings is 2. The molecule has 0 unspecified atom stereocenters. The fourth-order valence-corrected chi connectivity index (χ4v) is 1.74. The van der Waals surface area contributed by atoms with E-state index in [4.69, 9.17) is 21.1 Å². The fourth-order valence-electron chi connectivity index (χ4n) is 1.62. The van der Waals surface area contributed by atoms with E-state index in [0.717, 1.165) is 11.8 Å². The second-order valence-electron chi connectivity index (χ2n) is 3.94. The summed E-state index contributed by atoms with van der Waals surface area (Å²) in [7, 11) is 1.54. The number of halogens is 1. The van der Waals surface area contributed by atoms with Crippen molar-refractivity contribution in [1.29, 1.82) is 0 Å². The van der Waals surface area contributed by atoms with Crippen LogP contribution in [0.5, 0.6) is 11.5 Å². The van der Waals surface area contributed by atoms with Crippen molar-refractivity contribution in [2.75, 3.05) is 7.11 Å². The molecule has 2 aromatic rings. The van der Waals surface area contributed by atoms with Gasteiger partial charge in [0.05, 0.1) is 7.11 Å². The van der Waals surface area contributed by atoms with Gasteiger partial charge in [-0.1, -0.05) is 23.7 Å². The standard InChI is InChI=1S/C15H13ClO3.H2O/c1-18-15-8-12(9-17)4-7-14(15)19-10-11-2-5-13(16)6-3-11;/h2-9H,10H2,1H3;1H2. The lowest BCUT2D eigenvalue weighted by Crippen LogP contribution is -1.98. The van der Waals surface area contributed by atoms with Gasteiger partial charge in [-0.15, -0.1) is 0 Å². The van der Waals surface area contributed by atoms with E-state index in [1.165, 1.54) is 0 Å². The molecule has 0 aromatic heterocycles. The predicted octanol–water partition coefficient (Wildman–Crippen LogP) is 2.92. The molecule has 0 aliphatic rings. The van der Waals surface area contributed by atoms with Crippen LogP contribution in [0.1, 0.15) is 15.9 Å². The van der Waals surface area contributed by atoms with Gasteiger partial charge in [0.25, 0.3) is 0 Å². The molecule has 2 N–H and O–H groups in total.